The summed E-state index contributed by atoms with van der Waals surface area (Å²) in [6.07, 6.45) is 0. The first-order valence-corrected chi connectivity index (χ1v) is 6.17. The van der Waals surface area contributed by atoms with Crippen LogP contribution in [0.2, 0.25) is 0 Å². The third-order valence-electron chi connectivity index (χ3n) is 2.70. The summed E-state index contributed by atoms with van der Waals surface area (Å²) >= 11 is 4.85. The Balaban J connectivity index is 2.59. The number of nitrogens with two attached hydrogens (primary N) is 1. The number of carbonyl (C=O) groups is 1. The second-order valence-corrected chi connectivity index (χ2v) is 4.93. The summed E-state index contributed by atoms with van der Waals surface area (Å²) in [5, 5.41) is 2.81. The minimum absolute atomic E-state index is 0.00463. The van der Waals surface area contributed by atoms with E-state index in [9.17, 15) is 4.79 Å². The molecule has 1 rings (SSSR count). The molecule has 0 fully saturated rings. The van der Waals surface area contributed by atoms with E-state index in [0.29, 0.717) is 17.1 Å². The molecule has 3 N–H and O–H groups in total. The molecule has 0 saturated carbocycles. The highest BCUT2D eigenvalue weighted by molar-refractivity contribution is 7.80. The van der Waals surface area contributed by atoms with Gasteiger partial charge in [-0.2, -0.15) is 0 Å². The summed E-state index contributed by atoms with van der Waals surface area (Å²) in [7, 11) is 3.91. The van der Waals surface area contributed by atoms with Crippen molar-refractivity contribution in [1.82, 2.24) is 5.32 Å². The highest BCUT2D eigenvalue weighted by Crippen LogP contribution is 2.12. The first kappa shape index (κ1) is 14.4. The largest absolute Gasteiger partial charge is 0.393 e. The van der Waals surface area contributed by atoms with Crippen LogP contribution in [0.1, 0.15) is 17.3 Å². The predicted molar refractivity (Wildman–Crippen MR) is 79.1 cm³/mol. The molecule has 0 bridgehead atoms. The Kier molecular flexibility index (Phi) is 5.09. The van der Waals surface area contributed by atoms with Gasteiger partial charge in [-0.05, 0) is 24.3 Å². The zero-order valence-electron chi connectivity index (χ0n) is 10.9. The van der Waals surface area contributed by atoms with Crippen molar-refractivity contribution in [2.75, 3.05) is 25.5 Å². The van der Waals surface area contributed by atoms with E-state index in [1.807, 2.05) is 38.1 Å². The van der Waals surface area contributed by atoms with Crippen molar-refractivity contribution < 1.29 is 4.79 Å². The number of hydrogen-bond donors (Lipinski definition) is 2. The number of thiocarbonyl (C=S) groups is 1. The Morgan fingerprint density at radius 1 is 1.39 bits per heavy atom. The molecule has 4 nitrogen and oxygen atoms in total. The van der Waals surface area contributed by atoms with Crippen LogP contribution in [-0.4, -0.2) is 31.5 Å². The molecule has 0 saturated heterocycles. The normalized spacial score (nSPS) is 11.7. The van der Waals surface area contributed by atoms with Crippen LogP contribution in [0.4, 0.5) is 5.69 Å². The van der Waals surface area contributed by atoms with E-state index in [2.05, 4.69) is 5.32 Å². The van der Waals surface area contributed by atoms with Crippen molar-refractivity contribution in [3.8, 4) is 0 Å². The Morgan fingerprint density at radius 3 is 2.39 bits per heavy atom. The maximum atomic E-state index is 11.8. The van der Waals surface area contributed by atoms with Crippen LogP contribution in [0.5, 0.6) is 0 Å². The average molecular weight is 265 g/mol. The van der Waals surface area contributed by atoms with Crippen LogP contribution in [0.25, 0.3) is 0 Å². The summed E-state index contributed by atoms with van der Waals surface area (Å²) in [4.78, 5) is 14.2. The third-order valence-corrected chi connectivity index (χ3v) is 3.10. The van der Waals surface area contributed by atoms with Crippen molar-refractivity contribution in [1.29, 1.82) is 0 Å². The molecule has 0 spiro atoms. The van der Waals surface area contributed by atoms with Crippen molar-refractivity contribution >= 4 is 28.8 Å². The molecule has 1 aromatic carbocycles. The van der Waals surface area contributed by atoms with Crippen molar-refractivity contribution in [3.63, 3.8) is 0 Å². The van der Waals surface area contributed by atoms with Crippen LogP contribution < -0.4 is 16.0 Å². The number of nitrogens with one attached hydrogen (secondary N) is 1. The monoisotopic (exact) mass is 265 g/mol. The SMILES string of the molecule is CC(CNC(=O)c1ccc(N(C)C)cc1)C(N)=S. The fraction of sp³-hybridized carbons (Fsp3) is 0.385. The first-order chi connectivity index (χ1) is 8.41. The van der Waals surface area contributed by atoms with Gasteiger partial charge >= 0.3 is 0 Å². The molecule has 0 aliphatic heterocycles. The number of hydrogen-bond acceptors (Lipinski definition) is 3. The summed E-state index contributed by atoms with van der Waals surface area (Å²) in [6.45, 7) is 2.35. The molecule has 1 atom stereocenters. The maximum Gasteiger partial charge on any atom is 0.251 e. The van der Waals surface area contributed by atoms with Gasteiger partial charge in [-0.15, -0.1) is 0 Å². The molecule has 1 amide bonds. The van der Waals surface area contributed by atoms with Gasteiger partial charge in [0, 0.05) is 37.8 Å². The second-order valence-electron chi connectivity index (χ2n) is 4.45. The predicted octanol–water partition coefficient (Wildman–Crippen LogP) is 1.40. The Labute approximate surface area is 113 Å². The minimum Gasteiger partial charge on any atom is -0.393 e. The lowest BCUT2D eigenvalue weighted by atomic mass is 10.1. The van der Waals surface area contributed by atoms with Crippen molar-refractivity contribution in [3.05, 3.63) is 29.8 Å². The number of benzene rings is 1. The molecule has 5 heteroatoms. The standard InChI is InChI=1S/C13H19N3OS/c1-9(12(14)18)8-15-13(17)10-4-6-11(7-5-10)16(2)3/h4-7,9H,8H2,1-3H3,(H2,14,18)(H,15,17). The van der Waals surface area contributed by atoms with Crippen LogP contribution in [0, 0.1) is 5.92 Å². The van der Waals surface area contributed by atoms with Gasteiger partial charge < -0.3 is 16.0 Å². The number of carbonyl (C=O) groups excluding carboxylic acids is 1. The van der Waals surface area contributed by atoms with Crippen molar-refractivity contribution in [2.45, 2.75) is 6.92 Å². The summed E-state index contributed by atoms with van der Waals surface area (Å²) in [5.41, 5.74) is 7.18. The lowest BCUT2D eigenvalue weighted by Gasteiger charge is -2.13. The number of anilines is 1. The molecular weight excluding hydrogens is 246 g/mol. The van der Waals surface area contributed by atoms with E-state index < -0.39 is 0 Å². The fourth-order valence-corrected chi connectivity index (χ4v) is 1.44. The summed E-state index contributed by atoms with van der Waals surface area (Å²) in [5.74, 6) is -0.103. The third kappa shape index (κ3) is 4.00. The highest BCUT2D eigenvalue weighted by atomic mass is 32.1. The number of rotatable bonds is 5. The molecule has 98 valence electrons. The molecule has 0 aromatic heterocycles. The Bertz CT molecular complexity index is 428. The molecule has 1 aromatic rings. The van der Waals surface area contributed by atoms with Gasteiger partial charge in [0.2, 0.25) is 0 Å². The molecular formula is C13H19N3OS. The van der Waals surface area contributed by atoms with Gasteiger partial charge in [-0.3, -0.25) is 4.79 Å². The highest BCUT2D eigenvalue weighted by Gasteiger charge is 2.09. The lowest BCUT2D eigenvalue weighted by Crippen LogP contribution is -2.33. The Morgan fingerprint density at radius 2 is 1.94 bits per heavy atom. The maximum absolute atomic E-state index is 11.8. The van der Waals surface area contributed by atoms with E-state index in [0.717, 1.165) is 5.69 Å². The number of amides is 1. The zero-order chi connectivity index (χ0) is 13.7. The van der Waals surface area contributed by atoms with Crippen LogP contribution in [0.15, 0.2) is 24.3 Å². The average Bonchev–Trinajstić information content (AvgIpc) is 2.35. The van der Waals surface area contributed by atoms with Gasteiger partial charge in [0.25, 0.3) is 5.91 Å². The van der Waals surface area contributed by atoms with Gasteiger partial charge in [-0.25, -0.2) is 0 Å². The molecule has 1 unspecified atom stereocenters. The smallest absolute Gasteiger partial charge is 0.251 e. The second kappa shape index (κ2) is 6.35. The van der Waals surface area contributed by atoms with Gasteiger partial charge in [-0.1, -0.05) is 19.1 Å². The van der Waals surface area contributed by atoms with E-state index >= 15 is 0 Å². The van der Waals surface area contributed by atoms with Crippen LogP contribution in [0.3, 0.4) is 0 Å². The van der Waals surface area contributed by atoms with Gasteiger partial charge in [0.05, 0.1) is 4.99 Å². The molecule has 0 radical (unpaired) electrons. The van der Waals surface area contributed by atoms with Crippen LogP contribution >= 0.6 is 12.2 Å². The Hall–Kier alpha value is -1.62. The molecule has 18 heavy (non-hydrogen) atoms. The zero-order valence-corrected chi connectivity index (χ0v) is 11.8. The lowest BCUT2D eigenvalue weighted by molar-refractivity contribution is 0.0951. The number of nitrogens with zero attached hydrogens (tertiary/aromatic N) is 1. The van der Waals surface area contributed by atoms with E-state index in [4.69, 9.17) is 18.0 Å². The first-order valence-electron chi connectivity index (χ1n) is 5.76. The van der Waals surface area contributed by atoms with E-state index in [-0.39, 0.29) is 11.8 Å². The van der Waals surface area contributed by atoms with Gasteiger partial charge in [0.15, 0.2) is 0 Å². The quantitative estimate of drug-likeness (QED) is 0.790. The summed E-state index contributed by atoms with van der Waals surface area (Å²) in [6, 6.07) is 7.42. The molecule has 0 aliphatic rings. The molecule has 0 aliphatic carbocycles. The van der Waals surface area contributed by atoms with Gasteiger partial charge in [0.1, 0.15) is 0 Å². The summed E-state index contributed by atoms with van der Waals surface area (Å²) < 4.78 is 0. The minimum atomic E-state index is -0.108. The fourth-order valence-electron chi connectivity index (χ4n) is 1.36. The molecule has 0 heterocycles. The van der Waals surface area contributed by atoms with Crippen molar-refractivity contribution in [2.24, 2.45) is 11.7 Å². The van der Waals surface area contributed by atoms with Crippen LogP contribution in [-0.2, 0) is 0 Å². The topological polar surface area (TPSA) is 58.4 Å². The van der Waals surface area contributed by atoms with E-state index in [1.165, 1.54) is 0 Å². The van der Waals surface area contributed by atoms with E-state index in [1.54, 1.807) is 12.1 Å².